The molecule has 6 amide bonds. The van der Waals surface area contributed by atoms with Gasteiger partial charge in [-0.05, 0) is 74.7 Å². The summed E-state index contributed by atoms with van der Waals surface area (Å²) >= 11 is 7.90. The van der Waals surface area contributed by atoms with Crippen molar-refractivity contribution in [2.45, 2.75) is 58.7 Å². The Balaban J connectivity index is 0.693. The average molecular weight is 962 g/mol. The van der Waals surface area contributed by atoms with Crippen molar-refractivity contribution in [3.63, 3.8) is 0 Å². The number of halogens is 1. The zero-order valence-corrected chi connectivity index (χ0v) is 39.1. The molecule has 352 valence electrons. The van der Waals surface area contributed by atoms with Crippen molar-refractivity contribution in [3.8, 4) is 5.00 Å². The number of nitrogens with zero attached hydrogens (tertiary/aromatic N) is 6. The molecule has 3 N–H and O–H groups in total. The third kappa shape index (κ3) is 9.31. The lowest BCUT2D eigenvalue weighted by Crippen LogP contribution is -2.54. The molecule has 1 saturated heterocycles. The number of nitrogens with one attached hydrogen (secondary N) is 3. The van der Waals surface area contributed by atoms with Crippen molar-refractivity contribution in [3.05, 3.63) is 121 Å². The van der Waals surface area contributed by atoms with E-state index in [1.807, 2.05) is 41.8 Å². The lowest BCUT2D eigenvalue weighted by molar-refractivity contribution is -0.136. The molecule has 18 nitrogen and oxygen atoms in total. The summed E-state index contributed by atoms with van der Waals surface area (Å²) in [4.78, 5) is 86.5. The number of aryl methyl sites for hydroxylation is 2. The highest BCUT2D eigenvalue weighted by atomic mass is 35.5. The van der Waals surface area contributed by atoms with Crippen LogP contribution < -0.4 is 16.0 Å². The van der Waals surface area contributed by atoms with Gasteiger partial charge in [0.2, 0.25) is 17.7 Å². The second-order valence-electron chi connectivity index (χ2n) is 16.7. The molecule has 3 aromatic carbocycles. The summed E-state index contributed by atoms with van der Waals surface area (Å²) in [6.07, 6.45) is 0.125. The quantitative estimate of drug-likeness (QED) is 0.0749. The molecule has 0 aliphatic carbocycles. The Morgan fingerprint density at radius 1 is 0.853 bits per heavy atom. The fourth-order valence-corrected chi connectivity index (χ4v) is 10.1. The van der Waals surface area contributed by atoms with Gasteiger partial charge in [-0.25, -0.2) is 0 Å². The standard InChI is InChI=1S/C48H48ClN9O9S/c1-26-27(2)68-48-40(26)42(29-7-10-31(49)11-8-29)52-36(43-55-54-28(3)57(43)48)24-39(60)51-32-12-9-30-25-56(45(62)34(30)23-32)16-18-66-20-22-67-21-19-65-17-15-50-35-6-4-5-33-41(35)47(64)58(46(33)63)37-13-14-38(59)53-44(37)61/h4-12,23,36-37,50H,13-22,24-25H2,1-3H3,(H,51,60)(H,53,59,61)/t36-,37?/m0/s1. The van der Waals surface area contributed by atoms with Crippen LogP contribution in [0.3, 0.4) is 0 Å². The third-order valence-electron chi connectivity index (χ3n) is 12.3. The summed E-state index contributed by atoms with van der Waals surface area (Å²) in [5.41, 5.74) is 6.44. The van der Waals surface area contributed by atoms with E-state index in [1.165, 1.54) is 0 Å². The van der Waals surface area contributed by atoms with Crippen LogP contribution in [-0.4, -0.2) is 124 Å². The predicted octanol–water partition coefficient (Wildman–Crippen LogP) is 5.35. The molecule has 0 spiro atoms. The normalized spacial score (nSPS) is 17.4. The molecule has 0 saturated carbocycles. The number of aromatic nitrogens is 3. The van der Waals surface area contributed by atoms with Crippen LogP contribution in [0.2, 0.25) is 5.02 Å². The number of imide groups is 2. The van der Waals surface area contributed by atoms with E-state index in [0.717, 1.165) is 42.7 Å². The van der Waals surface area contributed by atoms with Crippen molar-refractivity contribution in [2.75, 3.05) is 63.4 Å². The fraction of sp³-hybridized carbons (Fsp3) is 0.354. The van der Waals surface area contributed by atoms with E-state index in [1.54, 1.807) is 46.6 Å². The van der Waals surface area contributed by atoms with E-state index in [2.05, 4.69) is 40.0 Å². The number of aliphatic imine (C=N–C) groups is 1. The molecule has 4 aliphatic rings. The van der Waals surface area contributed by atoms with Crippen LogP contribution in [0.25, 0.3) is 5.00 Å². The first-order valence-corrected chi connectivity index (χ1v) is 23.5. The van der Waals surface area contributed by atoms with Crippen molar-refractivity contribution in [1.29, 1.82) is 0 Å². The number of ether oxygens (including phenoxy) is 3. The Kier molecular flexibility index (Phi) is 13.6. The number of hydrogen-bond donors (Lipinski definition) is 3. The number of piperidine rings is 1. The van der Waals surface area contributed by atoms with Gasteiger partial charge in [-0.3, -0.25) is 48.5 Å². The van der Waals surface area contributed by atoms with E-state index in [0.29, 0.717) is 92.9 Å². The van der Waals surface area contributed by atoms with Gasteiger partial charge in [-0.15, -0.1) is 21.5 Å². The average Bonchev–Trinajstić information content (AvgIpc) is 3.99. The SMILES string of the molecule is Cc1sc2c(c1C)C(c1ccc(Cl)cc1)=N[C@@H](CC(=O)Nc1ccc3c(c1)C(=O)N(CCOCCOCCOCCNc1cccc4c1C(=O)N(C1CCC(=O)NC1=O)C4=O)C3)c1nnc(C)n1-2. The molecule has 2 aromatic heterocycles. The minimum atomic E-state index is -1.04. The van der Waals surface area contributed by atoms with E-state index in [9.17, 15) is 28.8 Å². The first-order chi connectivity index (χ1) is 32.9. The van der Waals surface area contributed by atoms with Crippen LogP contribution >= 0.6 is 22.9 Å². The third-order valence-corrected chi connectivity index (χ3v) is 13.7. The maximum atomic E-state index is 13.7. The van der Waals surface area contributed by atoms with Gasteiger partial charge in [0.05, 0.1) is 62.9 Å². The number of benzene rings is 3. The molecule has 2 atom stereocenters. The number of hydrogen-bond acceptors (Lipinski definition) is 14. The second-order valence-corrected chi connectivity index (χ2v) is 18.3. The van der Waals surface area contributed by atoms with Gasteiger partial charge < -0.3 is 29.7 Å². The van der Waals surface area contributed by atoms with E-state index < -0.39 is 35.7 Å². The number of carbonyl (C=O) groups is 6. The minimum absolute atomic E-state index is 0.00671. The molecule has 6 heterocycles. The smallest absolute Gasteiger partial charge is 0.264 e. The van der Waals surface area contributed by atoms with Crippen molar-refractivity contribution in [1.82, 2.24) is 29.9 Å². The van der Waals surface area contributed by atoms with Gasteiger partial charge in [-0.1, -0.05) is 35.9 Å². The molecule has 1 fully saturated rings. The highest BCUT2D eigenvalue weighted by molar-refractivity contribution is 7.15. The Morgan fingerprint density at radius 2 is 1.60 bits per heavy atom. The lowest BCUT2D eigenvalue weighted by atomic mass is 9.99. The summed E-state index contributed by atoms with van der Waals surface area (Å²) in [6, 6.07) is 16.1. The monoisotopic (exact) mass is 961 g/mol. The van der Waals surface area contributed by atoms with Crippen LogP contribution in [0.1, 0.15) is 95.2 Å². The van der Waals surface area contributed by atoms with Gasteiger partial charge in [0.25, 0.3) is 17.7 Å². The van der Waals surface area contributed by atoms with Crippen LogP contribution in [0.15, 0.2) is 65.7 Å². The lowest BCUT2D eigenvalue weighted by Gasteiger charge is -2.27. The van der Waals surface area contributed by atoms with Gasteiger partial charge in [-0.2, -0.15) is 0 Å². The maximum Gasteiger partial charge on any atom is 0.264 e. The van der Waals surface area contributed by atoms with Gasteiger partial charge in [0.1, 0.15) is 22.9 Å². The second kappa shape index (κ2) is 19.9. The Labute approximate surface area is 400 Å². The highest BCUT2D eigenvalue weighted by Crippen LogP contribution is 2.40. The topological polar surface area (TPSA) is 216 Å². The van der Waals surface area contributed by atoms with E-state index >= 15 is 0 Å². The molecule has 9 rings (SSSR count). The number of anilines is 2. The largest absolute Gasteiger partial charge is 0.382 e. The summed E-state index contributed by atoms with van der Waals surface area (Å²) < 4.78 is 19.1. The number of thiophene rings is 1. The molecule has 0 bridgehead atoms. The molecule has 5 aromatic rings. The molecule has 68 heavy (non-hydrogen) atoms. The first-order valence-electron chi connectivity index (χ1n) is 22.3. The Morgan fingerprint density at radius 3 is 2.37 bits per heavy atom. The number of fused-ring (bicyclic) bond motifs is 5. The first kappa shape index (κ1) is 46.5. The predicted molar refractivity (Wildman–Crippen MR) is 252 cm³/mol. The van der Waals surface area contributed by atoms with E-state index in [4.69, 9.17) is 30.8 Å². The zero-order chi connectivity index (χ0) is 47.6. The summed E-state index contributed by atoms with van der Waals surface area (Å²) in [7, 11) is 0. The zero-order valence-electron chi connectivity index (χ0n) is 37.6. The maximum absolute atomic E-state index is 13.7. The van der Waals surface area contributed by atoms with Crippen LogP contribution in [-0.2, 0) is 35.1 Å². The minimum Gasteiger partial charge on any atom is -0.382 e. The molecule has 4 aliphatic heterocycles. The van der Waals surface area contributed by atoms with Gasteiger partial charge in [0.15, 0.2) is 5.82 Å². The van der Waals surface area contributed by atoms with Gasteiger partial charge >= 0.3 is 0 Å². The molecular weight excluding hydrogens is 914 g/mol. The summed E-state index contributed by atoms with van der Waals surface area (Å²) in [5.74, 6) is -1.39. The van der Waals surface area contributed by atoms with Crippen molar-refractivity contribution in [2.24, 2.45) is 4.99 Å². The van der Waals surface area contributed by atoms with Crippen LogP contribution in [0, 0.1) is 20.8 Å². The van der Waals surface area contributed by atoms with Crippen LogP contribution in [0.5, 0.6) is 0 Å². The summed E-state index contributed by atoms with van der Waals surface area (Å²) in [5, 5.41) is 18.8. The number of rotatable bonds is 18. The fourth-order valence-electron chi connectivity index (χ4n) is 8.78. The van der Waals surface area contributed by atoms with Crippen molar-refractivity contribution >= 4 is 75.5 Å². The Bertz CT molecular complexity index is 2880. The Hall–Kier alpha value is -6.64. The number of carbonyl (C=O) groups excluding carboxylic acids is 6. The van der Waals surface area contributed by atoms with Gasteiger partial charge in [0, 0.05) is 64.0 Å². The summed E-state index contributed by atoms with van der Waals surface area (Å²) in [6.45, 7) is 9.10. The number of amides is 6. The molecular formula is C48H48ClN9O9S. The highest BCUT2D eigenvalue weighted by Gasteiger charge is 2.45. The molecule has 20 heteroatoms. The van der Waals surface area contributed by atoms with Crippen molar-refractivity contribution < 1.29 is 43.0 Å². The van der Waals surface area contributed by atoms with E-state index in [-0.39, 0.29) is 42.2 Å². The molecule has 0 radical (unpaired) electrons. The molecule has 1 unspecified atom stereocenters. The van der Waals surface area contributed by atoms with Crippen LogP contribution in [0.4, 0.5) is 11.4 Å².